The Balaban J connectivity index is 2.20. The summed E-state index contributed by atoms with van der Waals surface area (Å²) in [6.07, 6.45) is 0.705. The Bertz CT molecular complexity index is 333. The molecule has 0 unspecified atom stereocenters. The Hall–Kier alpha value is -1.36. The van der Waals surface area contributed by atoms with E-state index in [4.69, 9.17) is 9.84 Å². The van der Waals surface area contributed by atoms with E-state index in [-0.39, 0.29) is 6.42 Å². The summed E-state index contributed by atoms with van der Waals surface area (Å²) in [4.78, 5) is 10.2. The van der Waals surface area contributed by atoms with Gasteiger partial charge in [-0.3, -0.25) is 9.48 Å². The van der Waals surface area contributed by atoms with Crippen LogP contribution in [0.15, 0.2) is 6.07 Å². The maximum atomic E-state index is 10.2. The Morgan fingerprint density at radius 2 is 2.40 bits per heavy atom. The molecule has 0 fully saturated rings. The Kier molecular flexibility index (Phi) is 4.30. The van der Waals surface area contributed by atoms with Crippen LogP contribution in [0.2, 0.25) is 0 Å². The minimum atomic E-state index is -0.782. The fourth-order valence-electron chi connectivity index (χ4n) is 1.30. The Morgan fingerprint density at radius 1 is 1.67 bits per heavy atom. The molecule has 0 atom stereocenters. The SMILES string of the molecule is Cc1cc(COCCCC(=O)O)n(C)n1. The number of carbonyl (C=O) groups is 1. The Morgan fingerprint density at radius 3 is 2.93 bits per heavy atom. The second-order valence-electron chi connectivity index (χ2n) is 3.45. The largest absolute Gasteiger partial charge is 0.481 e. The van der Waals surface area contributed by atoms with Gasteiger partial charge in [-0.25, -0.2) is 0 Å². The van der Waals surface area contributed by atoms with E-state index >= 15 is 0 Å². The average Bonchev–Trinajstić information content (AvgIpc) is 2.44. The molecule has 1 rings (SSSR count). The maximum absolute atomic E-state index is 10.2. The molecule has 5 heteroatoms. The lowest BCUT2D eigenvalue weighted by Gasteiger charge is -2.03. The van der Waals surface area contributed by atoms with Crippen LogP contribution >= 0.6 is 0 Å². The number of hydrogen-bond acceptors (Lipinski definition) is 3. The van der Waals surface area contributed by atoms with Crippen LogP contribution < -0.4 is 0 Å². The van der Waals surface area contributed by atoms with Gasteiger partial charge in [0, 0.05) is 20.1 Å². The van der Waals surface area contributed by atoms with Gasteiger partial charge in [-0.1, -0.05) is 0 Å². The molecule has 0 aliphatic rings. The van der Waals surface area contributed by atoms with Crippen LogP contribution in [-0.4, -0.2) is 27.5 Å². The van der Waals surface area contributed by atoms with Gasteiger partial charge in [0.2, 0.25) is 0 Å². The van der Waals surface area contributed by atoms with Crippen LogP contribution in [0.4, 0.5) is 0 Å². The molecule has 0 radical (unpaired) electrons. The van der Waals surface area contributed by atoms with Gasteiger partial charge in [-0.05, 0) is 19.4 Å². The van der Waals surface area contributed by atoms with E-state index in [9.17, 15) is 4.79 Å². The van der Waals surface area contributed by atoms with Gasteiger partial charge >= 0.3 is 5.97 Å². The van der Waals surface area contributed by atoms with E-state index in [1.807, 2.05) is 20.0 Å². The van der Waals surface area contributed by atoms with Crippen molar-refractivity contribution >= 4 is 5.97 Å². The number of aryl methyl sites for hydroxylation is 2. The standard InChI is InChI=1S/C10H16N2O3/c1-8-6-9(12(2)11-8)7-15-5-3-4-10(13)14/h6H,3-5,7H2,1-2H3,(H,13,14). The smallest absolute Gasteiger partial charge is 0.303 e. The van der Waals surface area contributed by atoms with E-state index in [2.05, 4.69) is 5.10 Å². The van der Waals surface area contributed by atoms with Crippen molar-refractivity contribution in [3.05, 3.63) is 17.5 Å². The van der Waals surface area contributed by atoms with Crippen molar-refractivity contribution in [3.63, 3.8) is 0 Å². The number of carboxylic acids is 1. The van der Waals surface area contributed by atoms with Crippen molar-refractivity contribution < 1.29 is 14.6 Å². The molecule has 1 heterocycles. The highest BCUT2D eigenvalue weighted by Crippen LogP contribution is 2.03. The lowest BCUT2D eigenvalue weighted by Crippen LogP contribution is -2.03. The number of rotatable bonds is 6. The molecule has 0 aliphatic heterocycles. The number of aromatic nitrogens is 2. The van der Waals surface area contributed by atoms with E-state index < -0.39 is 5.97 Å². The van der Waals surface area contributed by atoms with Gasteiger partial charge in [0.1, 0.15) is 0 Å². The summed E-state index contributed by atoms with van der Waals surface area (Å²) >= 11 is 0. The van der Waals surface area contributed by atoms with Gasteiger partial charge in [0.05, 0.1) is 18.0 Å². The molecule has 0 saturated heterocycles. The second kappa shape index (κ2) is 5.50. The monoisotopic (exact) mass is 212 g/mol. The lowest BCUT2D eigenvalue weighted by atomic mass is 10.3. The highest BCUT2D eigenvalue weighted by Gasteiger charge is 2.02. The van der Waals surface area contributed by atoms with Crippen molar-refractivity contribution in [1.82, 2.24) is 9.78 Å². The summed E-state index contributed by atoms with van der Waals surface area (Å²) in [5.41, 5.74) is 1.96. The van der Waals surface area contributed by atoms with Crippen molar-refractivity contribution in [2.45, 2.75) is 26.4 Å². The second-order valence-corrected chi connectivity index (χ2v) is 3.45. The van der Waals surface area contributed by atoms with Crippen molar-refractivity contribution in [1.29, 1.82) is 0 Å². The Labute approximate surface area is 88.7 Å². The molecule has 0 saturated carbocycles. The average molecular weight is 212 g/mol. The summed E-state index contributed by atoms with van der Waals surface area (Å²) < 4.78 is 7.11. The number of aliphatic carboxylic acids is 1. The highest BCUT2D eigenvalue weighted by atomic mass is 16.5. The van der Waals surface area contributed by atoms with Crippen molar-refractivity contribution in [2.75, 3.05) is 6.61 Å². The zero-order chi connectivity index (χ0) is 11.3. The first-order valence-electron chi connectivity index (χ1n) is 4.88. The fourth-order valence-corrected chi connectivity index (χ4v) is 1.30. The molecule has 0 spiro atoms. The zero-order valence-electron chi connectivity index (χ0n) is 9.06. The molecule has 5 nitrogen and oxygen atoms in total. The zero-order valence-corrected chi connectivity index (χ0v) is 9.06. The predicted molar refractivity (Wildman–Crippen MR) is 54.5 cm³/mol. The van der Waals surface area contributed by atoms with Gasteiger partial charge in [0.15, 0.2) is 0 Å². The first kappa shape index (κ1) is 11.7. The molecular weight excluding hydrogens is 196 g/mol. The van der Waals surface area contributed by atoms with E-state index in [0.29, 0.717) is 19.6 Å². The van der Waals surface area contributed by atoms with Crippen LogP contribution in [0, 0.1) is 6.92 Å². The normalized spacial score (nSPS) is 10.5. The third-order valence-corrected chi connectivity index (χ3v) is 2.03. The number of nitrogens with zero attached hydrogens (tertiary/aromatic N) is 2. The molecule has 0 aliphatic carbocycles. The molecule has 1 aromatic rings. The van der Waals surface area contributed by atoms with Crippen LogP contribution in [0.1, 0.15) is 24.2 Å². The summed E-state index contributed by atoms with van der Waals surface area (Å²) in [6.45, 7) is 2.88. The third-order valence-electron chi connectivity index (χ3n) is 2.03. The van der Waals surface area contributed by atoms with E-state index in [1.54, 1.807) is 4.68 Å². The quantitative estimate of drug-likeness (QED) is 0.717. The molecule has 15 heavy (non-hydrogen) atoms. The predicted octanol–water partition coefficient (Wildman–Crippen LogP) is 1.11. The minimum Gasteiger partial charge on any atom is -0.481 e. The summed E-state index contributed by atoms with van der Waals surface area (Å²) in [5.74, 6) is -0.782. The summed E-state index contributed by atoms with van der Waals surface area (Å²) in [5, 5.41) is 12.6. The van der Waals surface area contributed by atoms with Gasteiger partial charge in [-0.2, -0.15) is 5.10 Å². The van der Waals surface area contributed by atoms with Gasteiger partial charge in [0.25, 0.3) is 0 Å². The van der Waals surface area contributed by atoms with Crippen LogP contribution in [0.3, 0.4) is 0 Å². The first-order valence-corrected chi connectivity index (χ1v) is 4.88. The van der Waals surface area contributed by atoms with Crippen LogP contribution in [0.5, 0.6) is 0 Å². The molecular formula is C10H16N2O3. The molecule has 1 N–H and O–H groups in total. The fraction of sp³-hybridized carbons (Fsp3) is 0.600. The minimum absolute atomic E-state index is 0.157. The van der Waals surface area contributed by atoms with Crippen molar-refractivity contribution in [3.8, 4) is 0 Å². The maximum Gasteiger partial charge on any atom is 0.303 e. The lowest BCUT2D eigenvalue weighted by molar-refractivity contribution is -0.137. The highest BCUT2D eigenvalue weighted by molar-refractivity contribution is 5.66. The summed E-state index contributed by atoms with van der Waals surface area (Å²) in [7, 11) is 1.86. The number of ether oxygens (including phenoxy) is 1. The van der Waals surface area contributed by atoms with E-state index in [0.717, 1.165) is 11.4 Å². The topological polar surface area (TPSA) is 64.3 Å². The molecule has 0 amide bonds. The summed E-state index contributed by atoms with van der Waals surface area (Å²) in [6, 6.07) is 1.96. The third kappa shape index (κ3) is 4.12. The number of carboxylic acid groups (broad SMARTS) is 1. The van der Waals surface area contributed by atoms with Gasteiger partial charge < -0.3 is 9.84 Å². The molecule has 0 bridgehead atoms. The van der Waals surface area contributed by atoms with Gasteiger partial charge in [-0.15, -0.1) is 0 Å². The van der Waals surface area contributed by atoms with Crippen LogP contribution in [0.25, 0.3) is 0 Å². The van der Waals surface area contributed by atoms with Crippen molar-refractivity contribution in [2.24, 2.45) is 7.05 Å². The molecule has 84 valence electrons. The molecule has 1 aromatic heterocycles. The number of hydrogen-bond donors (Lipinski definition) is 1. The van der Waals surface area contributed by atoms with Crippen LogP contribution in [-0.2, 0) is 23.2 Å². The molecule has 0 aromatic carbocycles. The first-order chi connectivity index (χ1) is 7.09. The van der Waals surface area contributed by atoms with E-state index in [1.165, 1.54) is 0 Å².